The summed E-state index contributed by atoms with van der Waals surface area (Å²) in [6.45, 7) is 1.99. The van der Waals surface area contributed by atoms with E-state index in [0.29, 0.717) is 28.4 Å². The number of carbonyl (C=O) groups excluding carboxylic acids is 2. The maximum Gasteiger partial charge on any atom is 0.245 e. The Balaban J connectivity index is 1.93. The van der Waals surface area contributed by atoms with E-state index in [4.69, 9.17) is 23.2 Å². The van der Waals surface area contributed by atoms with Crippen LogP contribution in [0.25, 0.3) is 0 Å². The first-order valence-corrected chi connectivity index (χ1v) is 10.8. The smallest absolute Gasteiger partial charge is 0.245 e. The van der Waals surface area contributed by atoms with Crippen LogP contribution >= 0.6 is 45.8 Å². The van der Waals surface area contributed by atoms with Crippen LogP contribution in [0.1, 0.15) is 28.4 Å². The minimum atomic E-state index is -1.37. The largest absolute Gasteiger partial charge is 0.306 e. The topological polar surface area (TPSA) is 37.4 Å². The van der Waals surface area contributed by atoms with E-state index in [1.165, 1.54) is 0 Å². The maximum atomic E-state index is 13.7. The van der Waals surface area contributed by atoms with Crippen molar-refractivity contribution in [2.45, 2.75) is 18.9 Å². The predicted molar refractivity (Wildman–Crippen MR) is 125 cm³/mol. The summed E-state index contributed by atoms with van der Waals surface area (Å²) in [5.74, 6) is -0.608. The van der Waals surface area contributed by atoms with Crippen molar-refractivity contribution in [1.29, 1.82) is 0 Å². The fraction of sp³-hybridized carbons (Fsp3) is 0.130. The Morgan fingerprint density at radius 3 is 2.28 bits per heavy atom. The number of anilines is 1. The summed E-state index contributed by atoms with van der Waals surface area (Å²) in [4.78, 5) is 29.0. The molecule has 1 aliphatic rings. The third kappa shape index (κ3) is 3.47. The lowest BCUT2D eigenvalue weighted by molar-refractivity contribution is -0.122. The van der Waals surface area contributed by atoms with E-state index in [9.17, 15) is 9.59 Å². The van der Waals surface area contributed by atoms with Gasteiger partial charge in [-0.15, -0.1) is 0 Å². The van der Waals surface area contributed by atoms with Crippen LogP contribution in [-0.4, -0.2) is 11.7 Å². The number of benzene rings is 3. The van der Waals surface area contributed by atoms with E-state index in [2.05, 4.69) is 22.6 Å². The molecule has 0 bridgehead atoms. The summed E-state index contributed by atoms with van der Waals surface area (Å²) in [6, 6.07) is 20.3. The number of fused-ring (bicyclic) bond motifs is 1. The summed E-state index contributed by atoms with van der Waals surface area (Å²) >= 11 is 14.9. The van der Waals surface area contributed by atoms with Crippen molar-refractivity contribution in [2.75, 3.05) is 4.90 Å². The monoisotopic (exact) mass is 535 g/mol. The zero-order valence-electron chi connectivity index (χ0n) is 15.5. The number of hydrogen-bond acceptors (Lipinski definition) is 2. The van der Waals surface area contributed by atoms with Crippen molar-refractivity contribution in [1.82, 2.24) is 0 Å². The van der Waals surface area contributed by atoms with Crippen molar-refractivity contribution >= 4 is 63.2 Å². The van der Waals surface area contributed by atoms with Gasteiger partial charge in [0, 0.05) is 8.59 Å². The van der Waals surface area contributed by atoms with Crippen molar-refractivity contribution < 1.29 is 9.59 Å². The maximum absolute atomic E-state index is 13.7. The molecule has 0 saturated heterocycles. The molecule has 0 aromatic heterocycles. The average Bonchev–Trinajstić information content (AvgIpc) is 2.70. The summed E-state index contributed by atoms with van der Waals surface area (Å²) in [6.07, 6.45) is 0. The van der Waals surface area contributed by atoms with Crippen LogP contribution in [0.4, 0.5) is 5.69 Å². The molecule has 3 aromatic carbocycles. The van der Waals surface area contributed by atoms with Gasteiger partial charge in [0.1, 0.15) is 5.41 Å². The Morgan fingerprint density at radius 2 is 1.62 bits per heavy atom. The van der Waals surface area contributed by atoms with E-state index in [-0.39, 0.29) is 16.7 Å². The van der Waals surface area contributed by atoms with Crippen LogP contribution < -0.4 is 4.90 Å². The molecule has 1 heterocycles. The number of rotatable bonds is 3. The van der Waals surface area contributed by atoms with Crippen molar-refractivity contribution in [3.05, 3.63) is 97.0 Å². The summed E-state index contributed by atoms with van der Waals surface area (Å²) in [5.41, 5.74) is 0.991. The third-order valence-corrected chi connectivity index (χ3v) is 6.52. The molecule has 0 aliphatic carbocycles. The fourth-order valence-electron chi connectivity index (χ4n) is 3.68. The van der Waals surface area contributed by atoms with Crippen LogP contribution in [0.2, 0.25) is 10.0 Å². The Labute approximate surface area is 192 Å². The molecule has 0 radical (unpaired) electrons. The van der Waals surface area contributed by atoms with Gasteiger partial charge in [0.05, 0.1) is 22.8 Å². The van der Waals surface area contributed by atoms with Gasteiger partial charge in [-0.2, -0.15) is 0 Å². The number of amides is 1. The standard InChI is InChI=1S/C23H16Cl2INO2/c1-23(15-7-9-17(26)10-8-15)21(28)20-18(25)11-16(24)12-19(20)27(22(23)29)13-14-5-3-2-4-6-14/h2-12H,13H2,1H3. The molecule has 1 atom stereocenters. The van der Waals surface area contributed by atoms with Gasteiger partial charge in [-0.1, -0.05) is 65.7 Å². The van der Waals surface area contributed by atoms with E-state index in [1.807, 2.05) is 54.6 Å². The Hall–Kier alpha value is -1.89. The molecular formula is C23H16Cl2INO2. The highest BCUT2D eigenvalue weighted by atomic mass is 127. The number of ketones is 1. The molecule has 3 nitrogen and oxygen atoms in total. The molecule has 0 saturated carbocycles. The SMILES string of the molecule is CC1(c2ccc(I)cc2)C(=O)c2c(Cl)cc(Cl)cc2N(Cc2ccccc2)C1=O. The normalized spacial score (nSPS) is 18.7. The number of hydrogen-bond donors (Lipinski definition) is 0. The van der Waals surface area contributed by atoms with Crippen molar-refractivity contribution in [2.24, 2.45) is 0 Å². The van der Waals surface area contributed by atoms with Crippen LogP contribution in [-0.2, 0) is 16.8 Å². The summed E-state index contributed by atoms with van der Waals surface area (Å²) in [5, 5.41) is 0.630. The molecular weight excluding hydrogens is 520 g/mol. The van der Waals surface area contributed by atoms with Gasteiger partial charge in [-0.25, -0.2) is 0 Å². The van der Waals surface area contributed by atoms with Crippen LogP contribution in [0.15, 0.2) is 66.7 Å². The first-order chi connectivity index (χ1) is 13.8. The van der Waals surface area contributed by atoms with Gasteiger partial charge in [0.25, 0.3) is 0 Å². The second-order valence-corrected chi connectivity index (χ2v) is 9.21. The molecule has 6 heteroatoms. The molecule has 0 spiro atoms. The Bertz CT molecular complexity index is 1120. The van der Waals surface area contributed by atoms with Crippen LogP contribution in [0.5, 0.6) is 0 Å². The quantitative estimate of drug-likeness (QED) is 0.292. The highest BCUT2D eigenvalue weighted by Gasteiger charge is 2.51. The minimum Gasteiger partial charge on any atom is -0.306 e. The molecule has 0 N–H and O–H groups in total. The zero-order chi connectivity index (χ0) is 20.8. The highest BCUT2D eigenvalue weighted by Crippen LogP contribution is 2.44. The molecule has 1 unspecified atom stereocenters. The number of Topliss-reactive ketones (excluding diaryl/α,β-unsaturated/α-hetero) is 1. The van der Waals surface area contributed by atoms with Gasteiger partial charge in [0.15, 0.2) is 5.78 Å². The van der Waals surface area contributed by atoms with E-state index < -0.39 is 5.41 Å². The first-order valence-electron chi connectivity index (χ1n) is 8.98. The van der Waals surface area contributed by atoms with Gasteiger partial charge >= 0.3 is 0 Å². The van der Waals surface area contributed by atoms with Crippen molar-refractivity contribution in [3.8, 4) is 0 Å². The molecule has 29 heavy (non-hydrogen) atoms. The summed E-state index contributed by atoms with van der Waals surface area (Å²) < 4.78 is 1.03. The number of halogens is 3. The van der Waals surface area contributed by atoms with Crippen molar-refractivity contribution in [3.63, 3.8) is 0 Å². The summed E-state index contributed by atoms with van der Waals surface area (Å²) in [7, 11) is 0. The van der Waals surface area contributed by atoms with Crippen LogP contribution in [0, 0.1) is 3.57 Å². The number of nitrogens with zero attached hydrogens (tertiary/aromatic N) is 1. The lowest BCUT2D eigenvalue weighted by Gasteiger charge is -2.40. The van der Waals surface area contributed by atoms with E-state index in [0.717, 1.165) is 9.13 Å². The van der Waals surface area contributed by atoms with Gasteiger partial charge in [0.2, 0.25) is 5.91 Å². The lowest BCUT2D eigenvalue weighted by Crippen LogP contribution is -2.54. The Kier molecular flexibility index (Phi) is 5.44. The molecule has 0 fully saturated rings. The molecule has 146 valence electrons. The fourth-order valence-corrected chi connectivity index (χ4v) is 4.61. The highest BCUT2D eigenvalue weighted by molar-refractivity contribution is 14.1. The number of carbonyl (C=O) groups is 2. The average molecular weight is 536 g/mol. The predicted octanol–water partition coefficient (Wildman–Crippen LogP) is 6.29. The third-order valence-electron chi connectivity index (χ3n) is 5.28. The van der Waals surface area contributed by atoms with Gasteiger partial charge in [-0.05, 0) is 64.9 Å². The second kappa shape index (κ2) is 7.74. The van der Waals surface area contributed by atoms with E-state index in [1.54, 1.807) is 24.0 Å². The van der Waals surface area contributed by atoms with Gasteiger partial charge in [-0.3, -0.25) is 9.59 Å². The van der Waals surface area contributed by atoms with E-state index >= 15 is 0 Å². The molecule has 1 aliphatic heterocycles. The second-order valence-electron chi connectivity index (χ2n) is 7.12. The Morgan fingerprint density at radius 1 is 0.966 bits per heavy atom. The minimum absolute atomic E-state index is 0.250. The molecule has 4 rings (SSSR count). The zero-order valence-corrected chi connectivity index (χ0v) is 19.1. The lowest BCUT2D eigenvalue weighted by atomic mass is 9.72. The molecule has 3 aromatic rings. The molecule has 1 amide bonds. The van der Waals surface area contributed by atoms with Gasteiger partial charge < -0.3 is 4.90 Å². The first kappa shape index (κ1) is 20.4. The van der Waals surface area contributed by atoms with Crippen LogP contribution in [0.3, 0.4) is 0 Å².